The normalized spacial score (nSPS) is 10.9. The number of hydrogen-bond acceptors (Lipinski definition) is 3. The quantitative estimate of drug-likeness (QED) is 0.607. The van der Waals surface area contributed by atoms with Gasteiger partial charge in [-0.25, -0.2) is 9.18 Å². The van der Waals surface area contributed by atoms with Gasteiger partial charge < -0.3 is 4.74 Å². The van der Waals surface area contributed by atoms with Crippen LogP contribution in [0.25, 0.3) is 0 Å². The molecule has 0 unspecified atom stereocenters. The zero-order chi connectivity index (χ0) is 13.9. The second kappa shape index (κ2) is 5.04. The first-order valence-corrected chi connectivity index (χ1v) is 4.79. The number of halogens is 4. The molecule has 0 radical (unpaired) electrons. The van der Waals surface area contributed by atoms with Crippen LogP contribution in [0.2, 0.25) is 0 Å². The maximum Gasteiger partial charge on any atom is 0.417 e. The molecule has 0 aliphatic heterocycles. The summed E-state index contributed by atoms with van der Waals surface area (Å²) in [5.41, 5.74) is -3.24. The van der Waals surface area contributed by atoms with E-state index in [1.165, 1.54) is 13.0 Å². The van der Waals surface area contributed by atoms with Crippen molar-refractivity contribution in [2.24, 2.45) is 0 Å². The molecule has 1 aromatic carbocycles. The summed E-state index contributed by atoms with van der Waals surface area (Å²) < 4.78 is 55.8. The van der Waals surface area contributed by atoms with Crippen LogP contribution in [0.4, 0.5) is 17.6 Å². The van der Waals surface area contributed by atoms with E-state index in [1.807, 2.05) is 0 Å². The number of ether oxygens (including phenoxy) is 1. The monoisotopic (exact) mass is 261 g/mol. The molecule has 0 aliphatic carbocycles. The summed E-state index contributed by atoms with van der Waals surface area (Å²) in [7, 11) is 0. The Morgan fingerprint density at radius 2 is 2.06 bits per heavy atom. The van der Waals surface area contributed by atoms with Gasteiger partial charge in [0.05, 0.1) is 23.8 Å². The van der Waals surface area contributed by atoms with Crippen LogP contribution in [0, 0.1) is 17.1 Å². The molecule has 0 saturated carbocycles. The number of nitrogens with zero attached hydrogens (tertiary/aromatic N) is 1. The molecule has 0 bridgehead atoms. The fourth-order valence-corrected chi connectivity index (χ4v) is 1.31. The van der Waals surface area contributed by atoms with Crippen molar-refractivity contribution in [2.45, 2.75) is 13.1 Å². The predicted molar refractivity (Wildman–Crippen MR) is 52.1 cm³/mol. The van der Waals surface area contributed by atoms with E-state index in [0.717, 1.165) is 0 Å². The van der Waals surface area contributed by atoms with Crippen molar-refractivity contribution in [2.75, 3.05) is 6.61 Å². The molecule has 0 fully saturated rings. The number of carbonyl (C=O) groups excluding carboxylic acids is 1. The van der Waals surface area contributed by atoms with Gasteiger partial charge in [-0.1, -0.05) is 0 Å². The van der Waals surface area contributed by atoms with Gasteiger partial charge in [-0.15, -0.1) is 0 Å². The van der Waals surface area contributed by atoms with E-state index in [9.17, 15) is 22.4 Å². The largest absolute Gasteiger partial charge is 0.462 e. The minimum Gasteiger partial charge on any atom is -0.462 e. The van der Waals surface area contributed by atoms with Crippen molar-refractivity contribution >= 4 is 5.97 Å². The molecule has 18 heavy (non-hydrogen) atoms. The molecule has 0 amide bonds. The fourth-order valence-electron chi connectivity index (χ4n) is 1.31. The third kappa shape index (κ3) is 2.77. The van der Waals surface area contributed by atoms with Crippen LogP contribution in [0.3, 0.4) is 0 Å². The first-order chi connectivity index (χ1) is 8.31. The van der Waals surface area contributed by atoms with E-state index in [0.29, 0.717) is 12.1 Å². The van der Waals surface area contributed by atoms with Crippen molar-refractivity contribution < 1.29 is 27.1 Å². The van der Waals surface area contributed by atoms with Crippen LogP contribution in [0.5, 0.6) is 0 Å². The molecule has 1 aromatic rings. The lowest BCUT2D eigenvalue weighted by atomic mass is 10.0. The summed E-state index contributed by atoms with van der Waals surface area (Å²) in [5.74, 6) is -2.84. The lowest BCUT2D eigenvalue weighted by molar-refractivity contribution is -0.138. The van der Waals surface area contributed by atoms with E-state index < -0.39 is 34.7 Å². The third-order valence-corrected chi connectivity index (χ3v) is 2.00. The van der Waals surface area contributed by atoms with E-state index in [-0.39, 0.29) is 6.61 Å². The average molecular weight is 261 g/mol. The van der Waals surface area contributed by atoms with Crippen LogP contribution < -0.4 is 0 Å². The molecule has 0 N–H and O–H groups in total. The Kier molecular flexibility index (Phi) is 3.91. The van der Waals surface area contributed by atoms with Crippen molar-refractivity contribution in [1.82, 2.24) is 0 Å². The maximum absolute atomic E-state index is 13.4. The number of esters is 1. The maximum atomic E-state index is 13.4. The third-order valence-electron chi connectivity index (χ3n) is 2.00. The predicted octanol–water partition coefficient (Wildman–Crippen LogP) is 2.89. The minimum absolute atomic E-state index is 0.185. The highest BCUT2D eigenvalue weighted by atomic mass is 19.4. The molecular formula is C11H7F4NO2. The van der Waals surface area contributed by atoms with E-state index in [2.05, 4.69) is 4.74 Å². The highest BCUT2D eigenvalue weighted by Gasteiger charge is 2.38. The first-order valence-electron chi connectivity index (χ1n) is 4.79. The number of hydrogen-bond donors (Lipinski definition) is 0. The highest BCUT2D eigenvalue weighted by Crippen LogP contribution is 2.34. The Hall–Kier alpha value is -2.10. The van der Waals surface area contributed by atoms with Crippen LogP contribution in [0.1, 0.15) is 28.4 Å². The van der Waals surface area contributed by atoms with Crippen LogP contribution in [-0.4, -0.2) is 12.6 Å². The average Bonchev–Trinajstić information content (AvgIpc) is 2.26. The second-order valence-corrected chi connectivity index (χ2v) is 3.21. The van der Waals surface area contributed by atoms with Crippen molar-refractivity contribution in [1.29, 1.82) is 5.26 Å². The van der Waals surface area contributed by atoms with Gasteiger partial charge in [0.15, 0.2) is 0 Å². The van der Waals surface area contributed by atoms with Crippen molar-refractivity contribution in [3.63, 3.8) is 0 Å². The topological polar surface area (TPSA) is 50.1 Å². The summed E-state index contributed by atoms with van der Waals surface area (Å²) in [6.45, 7) is 1.20. The standard InChI is InChI=1S/C11H7F4NO2/c1-2-18-10(17)9-7(11(13,14)15)3-6(5-16)4-8(9)12/h3-4H,2H2,1H3. The van der Waals surface area contributed by atoms with Gasteiger partial charge in [0.2, 0.25) is 0 Å². The molecule has 0 saturated heterocycles. The van der Waals surface area contributed by atoms with Crippen LogP contribution in [0.15, 0.2) is 12.1 Å². The van der Waals surface area contributed by atoms with Gasteiger partial charge in [-0.3, -0.25) is 0 Å². The van der Waals surface area contributed by atoms with Gasteiger partial charge in [0.25, 0.3) is 0 Å². The minimum atomic E-state index is -4.95. The summed E-state index contributed by atoms with van der Waals surface area (Å²) in [6.07, 6.45) is -4.95. The molecule has 0 spiro atoms. The Morgan fingerprint density at radius 1 is 1.44 bits per heavy atom. The van der Waals surface area contributed by atoms with Gasteiger partial charge in [0.1, 0.15) is 11.4 Å². The zero-order valence-corrected chi connectivity index (χ0v) is 9.14. The highest BCUT2D eigenvalue weighted by molar-refractivity contribution is 5.92. The Labute approximate surface area is 99.6 Å². The molecule has 96 valence electrons. The molecule has 1 rings (SSSR count). The SMILES string of the molecule is CCOC(=O)c1c(F)cc(C#N)cc1C(F)(F)F. The van der Waals surface area contributed by atoms with Crippen molar-refractivity contribution in [3.05, 3.63) is 34.6 Å². The van der Waals surface area contributed by atoms with Crippen molar-refractivity contribution in [3.8, 4) is 6.07 Å². The van der Waals surface area contributed by atoms with Gasteiger partial charge in [-0.05, 0) is 19.1 Å². The number of benzene rings is 1. The Morgan fingerprint density at radius 3 is 2.50 bits per heavy atom. The molecule has 3 nitrogen and oxygen atoms in total. The van der Waals surface area contributed by atoms with E-state index >= 15 is 0 Å². The lowest BCUT2D eigenvalue weighted by Gasteiger charge is -2.13. The molecule has 0 heterocycles. The Balaban J connectivity index is 3.49. The number of carbonyl (C=O) groups is 1. The number of alkyl halides is 3. The zero-order valence-electron chi connectivity index (χ0n) is 9.14. The smallest absolute Gasteiger partial charge is 0.417 e. The number of nitriles is 1. The summed E-state index contributed by atoms with van der Waals surface area (Å²) in [4.78, 5) is 11.3. The van der Waals surface area contributed by atoms with Gasteiger partial charge in [0, 0.05) is 0 Å². The Bertz CT molecular complexity index is 517. The van der Waals surface area contributed by atoms with E-state index in [4.69, 9.17) is 5.26 Å². The van der Waals surface area contributed by atoms with Crippen LogP contribution in [-0.2, 0) is 10.9 Å². The summed E-state index contributed by atoms with van der Waals surface area (Å²) >= 11 is 0. The molecule has 0 aliphatic rings. The molecule has 7 heteroatoms. The van der Waals surface area contributed by atoms with Crippen LogP contribution >= 0.6 is 0 Å². The second-order valence-electron chi connectivity index (χ2n) is 3.21. The van der Waals surface area contributed by atoms with Gasteiger partial charge >= 0.3 is 12.1 Å². The first kappa shape index (κ1) is 14.0. The molecule has 0 aromatic heterocycles. The molecular weight excluding hydrogens is 254 g/mol. The summed E-state index contributed by atoms with van der Waals surface area (Å²) in [6, 6.07) is 2.36. The molecule has 0 atom stereocenters. The van der Waals surface area contributed by atoms with E-state index in [1.54, 1.807) is 0 Å². The lowest BCUT2D eigenvalue weighted by Crippen LogP contribution is -2.17. The fraction of sp³-hybridized carbons (Fsp3) is 0.273. The van der Waals surface area contributed by atoms with Gasteiger partial charge in [-0.2, -0.15) is 18.4 Å². The summed E-state index contributed by atoms with van der Waals surface area (Å²) in [5, 5.41) is 8.48. The number of rotatable bonds is 2.